The van der Waals surface area contributed by atoms with E-state index >= 15 is 0 Å². The fourth-order valence-electron chi connectivity index (χ4n) is 1.04. The van der Waals surface area contributed by atoms with Gasteiger partial charge < -0.3 is 9.79 Å². The van der Waals surface area contributed by atoms with Crippen LogP contribution < -0.4 is 0 Å². The summed E-state index contributed by atoms with van der Waals surface area (Å²) in [7, 11) is -8.62. The third-order valence-electron chi connectivity index (χ3n) is 1.74. The maximum atomic E-state index is 11.5. The normalized spacial score (nSPS) is 12.7. The van der Waals surface area contributed by atoms with E-state index in [1.807, 2.05) is 0 Å². The van der Waals surface area contributed by atoms with Gasteiger partial charge in [-0.3, -0.25) is 8.75 Å². The van der Waals surface area contributed by atoms with Crippen molar-refractivity contribution in [3.8, 4) is 0 Å². The molecule has 2 N–H and O–H groups in total. The lowest BCUT2D eigenvalue weighted by atomic mass is 10.2. The number of hydrogen-bond acceptors (Lipinski definition) is 4. The molecule has 0 bridgehead atoms. The summed E-state index contributed by atoms with van der Waals surface area (Å²) in [4.78, 5) is 16.9. The largest absolute Gasteiger partial charge is 0.352 e. The van der Waals surface area contributed by atoms with E-state index in [0.29, 0.717) is 5.56 Å². The van der Waals surface area contributed by atoms with Crippen LogP contribution in [-0.4, -0.2) is 24.6 Å². The number of rotatable bonds is 4. The third-order valence-corrected chi connectivity index (χ3v) is 3.80. The molecule has 1 rings (SSSR count). The van der Waals surface area contributed by atoms with Crippen LogP contribution in [0.5, 0.6) is 0 Å². The molecular weight excluding hydrogens is 255 g/mol. The van der Waals surface area contributed by atoms with Crippen molar-refractivity contribution in [3.63, 3.8) is 0 Å². The fraction of sp³-hybridized carbons (Fsp3) is 0.250. The molecule has 0 atom stereocenters. The van der Waals surface area contributed by atoms with Crippen LogP contribution in [0.1, 0.15) is 5.56 Å². The van der Waals surface area contributed by atoms with Crippen LogP contribution in [0.4, 0.5) is 0 Å². The smallest absolute Gasteiger partial charge is 0.323 e. The van der Waals surface area contributed by atoms with Crippen LogP contribution in [0.2, 0.25) is 0 Å². The predicted octanol–water partition coefficient (Wildman–Crippen LogP) is 0.836. The summed E-state index contributed by atoms with van der Waals surface area (Å²) in [6, 6.07) is 6.02. The van der Waals surface area contributed by atoms with Crippen LogP contribution in [-0.2, 0) is 18.9 Å². The lowest BCUT2D eigenvalue weighted by molar-refractivity contribution is 0.301. The molecule has 16 heavy (non-hydrogen) atoms. The van der Waals surface area contributed by atoms with Gasteiger partial charge in [-0.2, -0.15) is 8.42 Å². The quantitative estimate of drug-likeness (QED) is 0.618. The SMILES string of the molecule is Cc1ccccc1S(=O)(=O)OCP(=O)(O)O. The van der Waals surface area contributed by atoms with Crippen LogP contribution in [0.25, 0.3) is 0 Å². The van der Waals surface area contributed by atoms with Crippen LogP contribution >= 0.6 is 7.60 Å². The van der Waals surface area contributed by atoms with E-state index in [1.165, 1.54) is 12.1 Å². The van der Waals surface area contributed by atoms with E-state index in [4.69, 9.17) is 9.79 Å². The van der Waals surface area contributed by atoms with Crippen molar-refractivity contribution < 1.29 is 27.0 Å². The zero-order chi connectivity index (χ0) is 12.4. The second-order valence-electron chi connectivity index (χ2n) is 3.13. The van der Waals surface area contributed by atoms with Crippen molar-refractivity contribution >= 4 is 17.7 Å². The molecule has 0 radical (unpaired) electrons. The molecule has 0 heterocycles. The van der Waals surface area contributed by atoms with Gasteiger partial charge in [0.1, 0.15) is 0 Å². The van der Waals surface area contributed by atoms with Gasteiger partial charge >= 0.3 is 7.60 Å². The second-order valence-corrected chi connectivity index (χ2v) is 6.30. The summed E-state index contributed by atoms with van der Waals surface area (Å²) < 4.78 is 37.8. The summed E-state index contributed by atoms with van der Waals surface area (Å²) in [6.45, 7) is 1.56. The molecule has 0 fully saturated rings. The van der Waals surface area contributed by atoms with Crippen molar-refractivity contribution in [1.82, 2.24) is 0 Å². The predicted molar refractivity (Wildman–Crippen MR) is 56.4 cm³/mol. The summed E-state index contributed by atoms with van der Waals surface area (Å²) >= 11 is 0. The number of aryl methyl sites for hydroxylation is 1. The van der Waals surface area contributed by atoms with Gasteiger partial charge in [0.15, 0.2) is 6.35 Å². The molecule has 0 spiro atoms. The highest BCUT2D eigenvalue weighted by Gasteiger charge is 2.23. The van der Waals surface area contributed by atoms with Crippen LogP contribution in [0, 0.1) is 6.92 Å². The van der Waals surface area contributed by atoms with Crippen molar-refractivity contribution in [2.24, 2.45) is 0 Å². The van der Waals surface area contributed by atoms with Gasteiger partial charge in [-0.15, -0.1) is 0 Å². The molecule has 0 saturated heterocycles. The Balaban J connectivity index is 2.96. The van der Waals surface area contributed by atoms with E-state index < -0.39 is 24.1 Å². The number of benzene rings is 1. The molecule has 0 aliphatic heterocycles. The molecular formula is C8H11O6PS. The summed E-state index contributed by atoms with van der Waals surface area (Å²) in [5, 5.41) is 0. The first-order valence-electron chi connectivity index (χ1n) is 4.22. The Morgan fingerprint density at radius 2 is 1.88 bits per heavy atom. The van der Waals surface area contributed by atoms with Gasteiger partial charge in [-0.05, 0) is 18.6 Å². The van der Waals surface area contributed by atoms with Gasteiger partial charge in [0.2, 0.25) is 0 Å². The number of hydrogen-bond donors (Lipinski definition) is 2. The van der Waals surface area contributed by atoms with Crippen LogP contribution in [0.3, 0.4) is 0 Å². The lowest BCUT2D eigenvalue weighted by Gasteiger charge is -2.08. The lowest BCUT2D eigenvalue weighted by Crippen LogP contribution is -2.09. The van der Waals surface area contributed by atoms with Gasteiger partial charge in [0, 0.05) is 0 Å². The van der Waals surface area contributed by atoms with Gasteiger partial charge in [0.05, 0.1) is 4.90 Å². The molecule has 0 aliphatic rings. The summed E-state index contributed by atoms with van der Waals surface area (Å²) in [5.74, 6) is 0. The minimum Gasteiger partial charge on any atom is -0.323 e. The Morgan fingerprint density at radius 1 is 1.31 bits per heavy atom. The van der Waals surface area contributed by atoms with Crippen molar-refractivity contribution in [3.05, 3.63) is 29.8 Å². The maximum absolute atomic E-state index is 11.5. The molecule has 0 saturated carbocycles. The first kappa shape index (κ1) is 13.3. The van der Waals surface area contributed by atoms with E-state index in [2.05, 4.69) is 4.18 Å². The zero-order valence-corrected chi connectivity index (χ0v) is 10.1. The van der Waals surface area contributed by atoms with Gasteiger partial charge in [-0.1, -0.05) is 18.2 Å². The van der Waals surface area contributed by atoms with Crippen molar-refractivity contribution in [1.29, 1.82) is 0 Å². The van der Waals surface area contributed by atoms with Crippen molar-refractivity contribution in [2.45, 2.75) is 11.8 Å². The Hall–Kier alpha value is -0.720. The Morgan fingerprint density at radius 3 is 2.38 bits per heavy atom. The molecule has 1 aromatic carbocycles. The molecule has 0 aliphatic carbocycles. The van der Waals surface area contributed by atoms with E-state index in [1.54, 1.807) is 19.1 Å². The average Bonchev–Trinajstić information content (AvgIpc) is 2.14. The van der Waals surface area contributed by atoms with E-state index in [9.17, 15) is 13.0 Å². The molecule has 0 unspecified atom stereocenters. The highest BCUT2D eigenvalue weighted by molar-refractivity contribution is 7.87. The average molecular weight is 266 g/mol. The minimum atomic E-state index is -4.50. The van der Waals surface area contributed by atoms with Crippen molar-refractivity contribution in [2.75, 3.05) is 6.35 Å². The molecule has 8 heteroatoms. The first-order valence-corrected chi connectivity index (χ1v) is 7.42. The highest BCUT2D eigenvalue weighted by atomic mass is 32.2. The monoisotopic (exact) mass is 266 g/mol. The third kappa shape index (κ3) is 3.70. The molecule has 0 aromatic heterocycles. The summed E-state index contributed by atoms with van der Waals surface area (Å²) in [5.41, 5.74) is 0.452. The Bertz CT molecular complexity index is 517. The van der Waals surface area contributed by atoms with E-state index in [-0.39, 0.29) is 4.90 Å². The van der Waals surface area contributed by atoms with Gasteiger partial charge in [0.25, 0.3) is 10.1 Å². The van der Waals surface area contributed by atoms with Crippen LogP contribution in [0.15, 0.2) is 29.2 Å². The maximum Gasteiger partial charge on any atom is 0.352 e. The molecule has 1 aromatic rings. The van der Waals surface area contributed by atoms with E-state index in [0.717, 1.165) is 0 Å². The second kappa shape index (κ2) is 4.65. The Kier molecular flexibility index (Phi) is 3.88. The molecule has 6 nitrogen and oxygen atoms in total. The Labute approximate surface area is 93.2 Å². The summed E-state index contributed by atoms with van der Waals surface area (Å²) in [6.07, 6.45) is -1.15. The fourth-order valence-corrected chi connectivity index (χ4v) is 2.98. The topological polar surface area (TPSA) is 101 Å². The first-order chi connectivity index (χ1) is 7.22. The van der Waals surface area contributed by atoms with Gasteiger partial charge in [-0.25, -0.2) is 0 Å². The zero-order valence-electron chi connectivity index (χ0n) is 8.40. The highest BCUT2D eigenvalue weighted by Crippen LogP contribution is 2.35. The molecule has 0 amide bonds. The molecule has 90 valence electrons. The minimum absolute atomic E-state index is 0.0940. The standard InChI is InChI=1S/C8H11O6PS/c1-7-4-2-3-5-8(7)16(12,13)14-6-15(9,10)11/h2-5H,6H2,1H3,(H2,9,10,11).